The summed E-state index contributed by atoms with van der Waals surface area (Å²) in [6.45, 7) is 0. The van der Waals surface area contributed by atoms with Gasteiger partial charge in [-0.3, -0.25) is 4.72 Å². The summed E-state index contributed by atoms with van der Waals surface area (Å²) < 4.78 is 70.9. The predicted octanol–water partition coefficient (Wildman–Crippen LogP) is 4.35. The second-order valence-electron chi connectivity index (χ2n) is 6.08. The highest BCUT2D eigenvalue weighted by Gasteiger charge is 2.34. The number of alkyl halides is 3. The maximum absolute atomic E-state index is 12.9. The third-order valence-electron chi connectivity index (χ3n) is 4.07. The summed E-state index contributed by atoms with van der Waals surface area (Å²) in [5.41, 5.74) is -0.281. The van der Waals surface area contributed by atoms with E-state index in [1.165, 1.54) is 12.1 Å². The highest BCUT2D eigenvalue weighted by Crippen LogP contribution is 2.30. The lowest BCUT2D eigenvalue weighted by Crippen LogP contribution is -2.19. The number of anilines is 1. The Morgan fingerprint density at radius 2 is 1.67 bits per heavy atom. The van der Waals surface area contributed by atoms with Gasteiger partial charge in [-0.1, -0.05) is 42.5 Å². The number of methoxy groups -OCH3 is 1. The number of carbonyl (C=O) groups excluding carboxylic acids is 1. The molecule has 3 rings (SSSR count). The molecule has 2 aromatic carbocycles. The van der Waals surface area contributed by atoms with Crippen LogP contribution in [-0.4, -0.2) is 26.5 Å². The molecule has 1 N–H and O–H groups in total. The molecule has 0 amide bonds. The van der Waals surface area contributed by atoms with E-state index in [1.807, 2.05) is 0 Å². The Morgan fingerprint density at radius 3 is 2.30 bits per heavy atom. The fraction of sp³-hybridized carbons (Fsp3) is 0.100. The van der Waals surface area contributed by atoms with Gasteiger partial charge in [-0.2, -0.15) is 21.6 Å². The molecule has 0 saturated heterocycles. The number of esters is 1. The van der Waals surface area contributed by atoms with Crippen molar-refractivity contribution in [1.29, 1.82) is 0 Å². The number of nitrogens with zero attached hydrogens (tertiary/aromatic N) is 1. The van der Waals surface area contributed by atoms with Crippen LogP contribution in [0.15, 0.2) is 71.8 Å². The van der Waals surface area contributed by atoms with Crippen LogP contribution in [0.5, 0.6) is 0 Å². The van der Waals surface area contributed by atoms with E-state index in [-0.39, 0.29) is 11.3 Å². The lowest BCUT2D eigenvalue weighted by Gasteiger charge is -2.14. The van der Waals surface area contributed by atoms with E-state index in [0.29, 0.717) is 11.6 Å². The quantitative estimate of drug-likeness (QED) is 0.601. The summed E-state index contributed by atoms with van der Waals surface area (Å²) in [5.74, 6) is -0.815. The van der Waals surface area contributed by atoms with Crippen molar-refractivity contribution in [1.82, 2.24) is 4.98 Å². The molecule has 0 bridgehead atoms. The largest absolute Gasteiger partial charge is 0.465 e. The molecule has 1 heterocycles. The zero-order valence-corrected chi connectivity index (χ0v) is 16.3. The van der Waals surface area contributed by atoms with Gasteiger partial charge in [0.15, 0.2) is 5.03 Å². The fourth-order valence-corrected chi connectivity index (χ4v) is 3.69. The van der Waals surface area contributed by atoms with Gasteiger partial charge in [0.2, 0.25) is 0 Å². The van der Waals surface area contributed by atoms with E-state index in [4.69, 9.17) is 0 Å². The first-order valence-electron chi connectivity index (χ1n) is 8.46. The minimum Gasteiger partial charge on any atom is -0.465 e. The predicted molar refractivity (Wildman–Crippen MR) is 103 cm³/mol. The Hall–Kier alpha value is -3.40. The highest BCUT2D eigenvalue weighted by atomic mass is 32.2. The maximum atomic E-state index is 12.9. The molecule has 0 spiro atoms. The number of pyridine rings is 1. The number of rotatable bonds is 5. The molecule has 0 atom stereocenters. The van der Waals surface area contributed by atoms with E-state index in [0.717, 1.165) is 24.8 Å². The number of benzene rings is 2. The number of halogens is 3. The number of sulfonamides is 1. The first-order chi connectivity index (χ1) is 14.1. The lowest BCUT2D eigenvalue weighted by molar-refractivity contribution is -0.141. The molecule has 10 heteroatoms. The Kier molecular flexibility index (Phi) is 5.79. The molecule has 3 aromatic rings. The van der Waals surface area contributed by atoms with Crippen molar-refractivity contribution in [3.63, 3.8) is 0 Å². The van der Waals surface area contributed by atoms with Gasteiger partial charge in [0.05, 0.1) is 18.4 Å². The molecule has 1 aromatic heterocycles. The third kappa shape index (κ3) is 4.60. The molecule has 156 valence electrons. The van der Waals surface area contributed by atoms with Crippen LogP contribution >= 0.6 is 0 Å². The Balaban J connectivity index is 2.06. The zero-order valence-electron chi connectivity index (χ0n) is 15.5. The summed E-state index contributed by atoms with van der Waals surface area (Å²) in [4.78, 5) is 15.3. The SMILES string of the molecule is COC(=O)c1ccc(-c2ccccc2)cc1NS(=O)(=O)c1cccc(C(F)(F)F)n1. The Morgan fingerprint density at radius 1 is 0.967 bits per heavy atom. The van der Waals surface area contributed by atoms with Crippen LogP contribution in [0.4, 0.5) is 18.9 Å². The highest BCUT2D eigenvalue weighted by molar-refractivity contribution is 7.92. The van der Waals surface area contributed by atoms with Crippen molar-refractivity contribution in [2.45, 2.75) is 11.2 Å². The summed E-state index contributed by atoms with van der Waals surface area (Å²) >= 11 is 0. The summed E-state index contributed by atoms with van der Waals surface area (Å²) in [5, 5.41) is -0.835. The smallest absolute Gasteiger partial charge is 0.433 e. The van der Waals surface area contributed by atoms with Crippen LogP contribution in [0, 0.1) is 0 Å². The summed E-state index contributed by atoms with van der Waals surface area (Å²) in [6.07, 6.45) is -4.81. The number of nitrogens with one attached hydrogen (secondary N) is 1. The first kappa shape index (κ1) is 21.3. The second kappa shape index (κ2) is 8.15. The van der Waals surface area contributed by atoms with Crippen molar-refractivity contribution in [3.05, 3.63) is 78.0 Å². The Labute approximate surface area is 170 Å². The number of hydrogen-bond donors (Lipinski definition) is 1. The molecule has 0 unspecified atom stereocenters. The van der Waals surface area contributed by atoms with Crippen molar-refractivity contribution in [2.75, 3.05) is 11.8 Å². The van der Waals surface area contributed by atoms with E-state index in [9.17, 15) is 26.4 Å². The monoisotopic (exact) mass is 436 g/mol. The molecule has 0 aliphatic heterocycles. The average molecular weight is 436 g/mol. The fourth-order valence-electron chi connectivity index (χ4n) is 2.65. The van der Waals surface area contributed by atoms with Crippen LogP contribution in [0.1, 0.15) is 16.1 Å². The normalized spacial score (nSPS) is 11.7. The van der Waals surface area contributed by atoms with Crippen molar-refractivity contribution >= 4 is 21.7 Å². The molecule has 0 radical (unpaired) electrons. The van der Waals surface area contributed by atoms with Crippen LogP contribution in [0.3, 0.4) is 0 Å². The van der Waals surface area contributed by atoms with Crippen LogP contribution < -0.4 is 4.72 Å². The van der Waals surface area contributed by atoms with Gasteiger partial charge < -0.3 is 4.74 Å². The van der Waals surface area contributed by atoms with Crippen molar-refractivity contribution in [2.24, 2.45) is 0 Å². The van der Waals surface area contributed by atoms with Gasteiger partial charge in [-0.05, 0) is 35.4 Å². The lowest BCUT2D eigenvalue weighted by atomic mass is 10.0. The van der Waals surface area contributed by atoms with Crippen LogP contribution in [0.25, 0.3) is 11.1 Å². The summed E-state index contributed by atoms with van der Waals surface area (Å²) in [6, 6.07) is 15.8. The molecule has 0 saturated carbocycles. The van der Waals surface area contributed by atoms with E-state index in [1.54, 1.807) is 36.4 Å². The molecular weight excluding hydrogens is 421 g/mol. The van der Waals surface area contributed by atoms with Gasteiger partial charge >= 0.3 is 12.1 Å². The van der Waals surface area contributed by atoms with E-state index < -0.39 is 32.9 Å². The van der Waals surface area contributed by atoms with Gasteiger partial charge in [0.25, 0.3) is 10.0 Å². The summed E-state index contributed by atoms with van der Waals surface area (Å²) in [7, 11) is -3.40. The minimum atomic E-state index is -4.81. The van der Waals surface area contributed by atoms with Gasteiger partial charge in [-0.15, -0.1) is 0 Å². The van der Waals surface area contributed by atoms with Crippen molar-refractivity contribution in [3.8, 4) is 11.1 Å². The molecular formula is C20H15F3N2O4S. The number of hydrogen-bond acceptors (Lipinski definition) is 5. The first-order valence-corrected chi connectivity index (χ1v) is 9.95. The minimum absolute atomic E-state index is 0.104. The number of aromatic nitrogens is 1. The molecule has 0 fully saturated rings. The van der Waals surface area contributed by atoms with Gasteiger partial charge in [-0.25, -0.2) is 9.78 Å². The molecule has 0 aliphatic rings. The van der Waals surface area contributed by atoms with Crippen molar-refractivity contribution < 1.29 is 31.1 Å². The molecule has 6 nitrogen and oxygen atoms in total. The third-order valence-corrected chi connectivity index (χ3v) is 5.33. The second-order valence-corrected chi connectivity index (χ2v) is 7.71. The van der Waals surface area contributed by atoms with E-state index in [2.05, 4.69) is 14.4 Å². The standard InChI is InChI=1S/C20H15F3N2O4S/c1-29-19(26)15-11-10-14(13-6-3-2-4-7-13)12-16(15)25-30(27,28)18-9-5-8-17(24-18)20(21,22)23/h2-12,25H,1H3. The average Bonchev–Trinajstić information content (AvgIpc) is 2.73. The Bertz CT molecular complexity index is 1180. The van der Waals surface area contributed by atoms with Gasteiger partial charge in [0, 0.05) is 0 Å². The molecule has 0 aliphatic carbocycles. The maximum Gasteiger partial charge on any atom is 0.433 e. The van der Waals surface area contributed by atoms with Gasteiger partial charge in [0.1, 0.15) is 5.69 Å². The number of ether oxygens (including phenoxy) is 1. The van der Waals surface area contributed by atoms with Crippen LogP contribution in [-0.2, 0) is 20.9 Å². The van der Waals surface area contributed by atoms with Crippen LogP contribution in [0.2, 0.25) is 0 Å². The topological polar surface area (TPSA) is 85.4 Å². The number of carbonyl (C=O) groups is 1. The zero-order chi connectivity index (χ0) is 21.9. The van der Waals surface area contributed by atoms with E-state index >= 15 is 0 Å². The molecule has 30 heavy (non-hydrogen) atoms.